The molecule has 0 unspecified atom stereocenters. The van der Waals surface area contributed by atoms with Gasteiger partial charge in [0.2, 0.25) is 0 Å². The third-order valence-corrected chi connectivity index (χ3v) is 5.59. The number of halogens is 5. The number of hydrogen-bond acceptors (Lipinski definition) is 3. The Morgan fingerprint density at radius 2 is 1.93 bits per heavy atom. The van der Waals surface area contributed by atoms with E-state index >= 15 is 0 Å². The Hall–Kier alpha value is -2.05. The first-order chi connectivity index (χ1) is 14.3. The number of hydrogen-bond donors (Lipinski definition) is 0. The summed E-state index contributed by atoms with van der Waals surface area (Å²) in [4.78, 5) is 12.0. The van der Waals surface area contributed by atoms with E-state index in [9.17, 15) is 9.18 Å². The number of rotatable bonds is 6. The number of nitrogens with zero attached hydrogens (tertiary/aromatic N) is 2. The quantitative estimate of drug-likeness (QED) is 0.285. The van der Waals surface area contributed by atoms with Gasteiger partial charge < -0.3 is 4.74 Å². The number of esters is 1. The molecule has 0 bridgehead atoms. The number of aryl methyl sites for hydroxylation is 1. The smallest absolute Gasteiger partial charge is 0.331 e. The zero-order chi connectivity index (χ0) is 21.8. The lowest BCUT2D eigenvalue weighted by atomic mass is 10.2. The van der Waals surface area contributed by atoms with E-state index in [1.807, 2.05) is 0 Å². The Morgan fingerprint density at radius 3 is 2.63 bits per heavy atom. The molecule has 4 nitrogen and oxygen atoms in total. The highest BCUT2D eigenvalue weighted by atomic mass is 35.5. The monoisotopic (exact) mass is 486 g/mol. The summed E-state index contributed by atoms with van der Waals surface area (Å²) < 4.78 is 20.4. The number of carbonyl (C=O) groups is 1. The largest absolute Gasteiger partial charge is 0.457 e. The fraction of sp³-hybridized carbons (Fsp3) is 0.143. The van der Waals surface area contributed by atoms with E-state index in [0.717, 1.165) is 5.56 Å². The van der Waals surface area contributed by atoms with Crippen molar-refractivity contribution in [3.63, 3.8) is 0 Å². The molecule has 0 N–H and O–H groups in total. The summed E-state index contributed by atoms with van der Waals surface area (Å²) in [5, 5.41) is 5.94. The van der Waals surface area contributed by atoms with Gasteiger partial charge in [0.15, 0.2) is 0 Å². The van der Waals surface area contributed by atoms with E-state index in [1.54, 1.807) is 29.8 Å². The van der Waals surface area contributed by atoms with Crippen LogP contribution in [0.15, 0.2) is 42.5 Å². The standard InChI is InChI=1S/C21H15Cl4FN2O2/c1-12-15(7-8-20(29)30-11-16-17(23)3-2-4-19(16)26)21(25)28(27-12)10-13-5-6-14(22)9-18(13)24/h2-9H,10-11H2,1H3. The summed E-state index contributed by atoms with van der Waals surface area (Å²) in [6.45, 7) is 1.81. The summed E-state index contributed by atoms with van der Waals surface area (Å²) in [6.07, 6.45) is 2.69. The third-order valence-electron chi connectivity index (χ3n) is 4.25. The van der Waals surface area contributed by atoms with Gasteiger partial charge in [-0.05, 0) is 42.8 Å². The average Bonchev–Trinajstić information content (AvgIpc) is 2.95. The molecular formula is C21H15Cl4FN2O2. The first-order valence-corrected chi connectivity index (χ1v) is 10.2. The number of ether oxygens (including phenoxy) is 1. The van der Waals surface area contributed by atoms with E-state index in [-0.39, 0.29) is 17.2 Å². The molecule has 0 aliphatic rings. The van der Waals surface area contributed by atoms with E-state index in [2.05, 4.69) is 5.10 Å². The van der Waals surface area contributed by atoms with Gasteiger partial charge >= 0.3 is 5.97 Å². The van der Waals surface area contributed by atoms with Crippen LogP contribution < -0.4 is 0 Å². The summed E-state index contributed by atoms with van der Waals surface area (Å²) in [7, 11) is 0. The number of carbonyl (C=O) groups excluding carboxylic acids is 1. The Kier molecular flexibility index (Phi) is 7.42. The second-order valence-corrected chi connectivity index (χ2v) is 7.93. The lowest BCUT2D eigenvalue weighted by Gasteiger charge is -2.06. The molecule has 0 fully saturated rings. The van der Waals surface area contributed by atoms with Gasteiger partial charge in [0.05, 0.1) is 17.3 Å². The Labute approximate surface area is 192 Å². The second-order valence-electron chi connectivity index (χ2n) is 6.32. The van der Waals surface area contributed by atoms with Gasteiger partial charge in [-0.25, -0.2) is 13.9 Å². The van der Waals surface area contributed by atoms with Gasteiger partial charge in [-0.1, -0.05) is 58.5 Å². The Balaban J connectivity index is 1.70. The summed E-state index contributed by atoms with van der Waals surface area (Å²) >= 11 is 24.5. The molecule has 0 spiro atoms. The van der Waals surface area contributed by atoms with Gasteiger partial charge in [-0.2, -0.15) is 5.10 Å². The van der Waals surface area contributed by atoms with E-state index in [1.165, 1.54) is 30.4 Å². The van der Waals surface area contributed by atoms with E-state index < -0.39 is 11.8 Å². The molecule has 0 radical (unpaired) electrons. The van der Waals surface area contributed by atoms with Crippen LogP contribution >= 0.6 is 46.4 Å². The van der Waals surface area contributed by atoms with Crippen LogP contribution in [0.3, 0.4) is 0 Å². The van der Waals surface area contributed by atoms with Crippen LogP contribution in [0, 0.1) is 12.7 Å². The van der Waals surface area contributed by atoms with Gasteiger partial charge in [0.1, 0.15) is 17.6 Å². The third kappa shape index (κ3) is 5.35. The lowest BCUT2D eigenvalue weighted by Crippen LogP contribution is -2.03. The van der Waals surface area contributed by atoms with Crippen LogP contribution in [0.2, 0.25) is 20.2 Å². The van der Waals surface area contributed by atoms with Crippen molar-refractivity contribution in [3.8, 4) is 0 Å². The van der Waals surface area contributed by atoms with Crippen molar-refractivity contribution in [2.45, 2.75) is 20.1 Å². The van der Waals surface area contributed by atoms with Crippen molar-refractivity contribution in [3.05, 3.63) is 90.9 Å². The molecular weight excluding hydrogens is 473 g/mol. The lowest BCUT2D eigenvalue weighted by molar-refractivity contribution is -0.138. The van der Waals surface area contributed by atoms with Crippen molar-refractivity contribution in [1.29, 1.82) is 0 Å². The Bertz CT molecular complexity index is 1110. The molecule has 0 saturated carbocycles. The van der Waals surface area contributed by atoms with Crippen LogP contribution in [-0.4, -0.2) is 15.7 Å². The maximum atomic E-state index is 13.8. The van der Waals surface area contributed by atoms with E-state index in [4.69, 9.17) is 51.1 Å². The molecule has 0 atom stereocenters. The molecule has 3 rings (SSSR count). The SMILES string of the molecule is Cc1nn(Cc2ccc(Cl)cc2Cl)c(Cl)c1C=CC(=O)OCc1c(F)cccc1Cl. The summed E-state index contributed by atoms with van der Waals surface area (Å²) in [5.74, 6) is -1.21. The summed E-state index contributed by atoms with van der Waals surface area (Å²) in [5.41, 5.74) is 2.08. The maximum Gasteiger partial charge on any atom is 0.331 e. The van der Waals surface area contributed by atoms with Crippen LogP contribution in [0.5, 0.6) is 0 Å². The molecule has 9 heteroatoms. The normalized spacial score (nSPS) is 11.3. The van der Waals surface area contributed by atoms with Gasteiger partial charge in [-0.15, -0.1) is 0 Å². The van der Waals surface area contributed by atoms with Gasteiger partial charge in [-0.3, -0.25) is 0 Å². The van der Waals surface area contributed by atoms with E-state index in [0.29, 0.717) is 33.0 Å². The van der Waals surface area contributed by atoms with Gasteiger partial charge in [0, 0.05) is 27.2 Å². The minimum Gasteiger partial charge on any atom is -0.457 e. The topological polar surface area (TPSA) is 44.1 Å². The molecule has 30 heavy (non-hydrogen) atoms. The predicted octanol–water partition coefficient (Wildman–Crippen LogP) is 6.75. The molecule has 0 aliphatic carbocycles. The zero-order valence-electron chi connectivity index (χ0n) is 15.6. The van der Waals surface area contributed by atoms with Crippen molar-refractivity contribution in [2.75, 3.05) is 0 Å². The zero-order valence-corrected chi connectivity index (χ0v) is 18.7. The first-order valence-electron chi connectivity index (χ1n) is 8.71. The molecule has 0 saturated heterocycles. The molecule has 1 heterocycles. The highest BCUT2D eigenvalue weighted by Crippen LogP contribution is 2.26. The molecule has 0 aliphatic heterocycles. The highest BCUT2D eigenvalue weighted by molar-refractivity contribution is 6.35. The van der Waals surface area contributed by atoms with Crippen molar-refractivity contribution in [2.24, 2.45) is 0 Å². The molecule has 3 aromatic rings. The molecule has 0 amide bonds. The van der Waals surface area contributed by atoms with Crippen LogP contribution in [-0.2, 0) is 22.7 Å². The fourth-order valence-corrected chi connectivity index (χ4v) is 3.67. The highest BCUT2D eigenvalue weighted by Gasteiger charge is 2.14. The fourth-order valence-electron chi connectivity index (χ4n) is 2.69. The van der Waals surface area contributed by atoms with Crippen molar-refractivity contribution in [1.82, 2.24) is 9.78 Å². The first kappa shape index (κ1) is 22.6. The molecule has 1 aromatic heterocycles. The average molecular weight is 488 g/mol. The maximum absolute atomic E-state index is 13.8. The van der Waals surface area contributed by atoms with Crippen LogP contribution in [0.1, 0.15) is 22.4 Å². The van der Waals surface area contributed by atoms with Crippen molar-refractivity contribution < 1.29 is 13.9 Å². The second kappa shape index (κ2) is 9.84. The Morgan fingerprint density at radius 1 is 1.17 bits per heavy atom. The minimum atomic E-state index is -0.668. The number of aromatic nitrogens is 2. The van der Waals surface area contributed by atoms with Crippen LogP contribution in [0.4, 0.5) is 4.39 Å². The van der Waals surface area contributed by atoms with Crippen LogP contribution in [0.25, 0.3) is 6.08 Å². The predicted molar refractivity (Wildman–Crippen MR) is 118 cm³/mol. The minimum absolute atomic E-state index is 0.114. The van der Waals surface area contributed by atoms with Gasteiger partial charge in [0.25, 0.3) is 0 Å². The number of benzene rings is 2. The van der Waals surface area contributed by atoms with Crippen molar-refractivity contribution >= 4 is 58.4 Å². The molecule has 156 valence electrons. The molecule has 2 aromatic carbocycles. The summed E-state index contributed by atoms with van der Waals surface area (Å²) in [6, 6.07) is 9.40.